The third-order valence-corrected chi connectivity index (χ3v) is 3.68. The molecule has 0 spiro atoms. The van der Waals surface area contributed by atoms with E-state index in [1.54, 1.807) is 10.7 Å². The molecule has 2 aromatic rings. The number of benzene rings is 1. The van der Waals surface area contributed by atoms with Gasteiger partial charge in [0.25, 0.3) is 0 Å². The standard InChI is InChI=1S/C14H18ClFN4/c1-3-11-8-14(20(2)19-11)13(18-17)6-9-4-5-10(16)7-12(9)15/h4-5,7-8,13,18H,3,6,17H2,1-2H3. The lowest BCUT2D eigenvalue weighted by atomic mass is 10.0. The quantitative estimate of drug-likeness (QED) is 0.658. The van der Waals surface area contributed by atoms with E-state index in [9.17, 15) is 4.39 Å². The zero-order valence-electron chi connectivity index (χ0n) is 11.5. The highest BCUT2D eigenvalue weighted by Crippen LogP contribution is 2.24. The highest BCUT2D eigenvalue weighted by molar-refractivity contribution is 6.31. The first-order valence-corrected chi connectivity index (χ1v) is 6.85. The maximum Gasteiger partial charge on any atom is 0.124 e. The molecule has 1 aromatic carbocycles. The number of hydrogen-bond donors (Lipinski definition) is 2. The Bertz CT molecular complexity index is 597. The maximum absolute atomic E-state index is 13.1. The smallest absolute Gasteiger partial charge is 0.124 e. The lowest BCUT2D eigenvalue weighted by Crippen LogP contribution is -2.31. The Kier molecular flexibility index (Phi) is 4.75. The van der Waals surface area contributed by atoms with Crippen molar-refractivity contribution >= 4 is 11.6 Å². The molecule has 0 saturated carbocycles. The summed E-state index contributed by atoms with van der Waals surface area (Å²) in [5.74, 6) is 5.30. The first-order valence-electron chi connectivity index (χ1n) is 6.48. The van der Waals surface area contributed by atoms with Crippen molar-refractivity contribution in [1.82, 2.24) is 15.2 Å². The van der Waals surface area contributed by atoms with Crippen LogP contribution in [0.25, 0.3) is 0 Å². The summed E-state index contributed by atoms with van der Waals surface area (Å²) < 4.78 is 14.9. The van der Waals surface area contributed by atoms with Crippen LogP contribution in [0.3, 0.4) is 0 Å². The molecule has 0 radical (unpaired) electrons. The Balaban J connectivity index is 2.26. The minimum absolute atomic E-state index is 0.129. The first-order chi connectivity index (χ1) is 9.55. The van der Waals surface area contributed by atoms with Gasteiger partial charge in [0.1, 0.15) is 5.82 Å². The predicted molar refractivity (Wildman–Crippen MR) is 77.8 cm³/mol. The molecule has 108 valence electrons. The Morgan fingerprint density at radius 1 is 1.45 bits per heavy atom. The molecule has 1 aromatic heterocycles. The molecule has 1 unspecified atom stereocenters. The van der Waals surface area contributed by atoms with Gasteiger partial charge < -0.3 is 0 Å². The number of hydrogen-bond acceptors (Lipinski definition) is 3. The molecule has 0 amide bonds. The van der Waals surface area contributed by atoms with Crippen molar-refractivity contribution < 1.29 is 4.39 Å². The molecule has 0 aliphatic heterocycles. The number of halogens is 2. The number of aryl methyl sites for hydroxylation is 2. The Labute approximate surface area is 122 Å². The Morgan fingerprint density at radius 3 is 2.75 bits per heavy atom. The van der Waals surface area contributed by atoms with Gasteiger partial charge in [-0.1, -0.05) is 24.6 Å². The predicted octanol–water partition coefficient (Wildman–Crippen LogP) is 2.52. The molecule has 1 heterocycles. The van der Waals surface area contributed by atoms with E-state index in [1.165, 1.54) is 12.1 Å². The summed E-state index contributed by atoms with van der Waals surface area (Å²) in [5, 5.41) is 4.81. The molecule has 0 fully saturated rings. The number of nitrogens with zero attached hydrogens (tertiary/aromatic N) is 2. The fourth-order valence-electron chi connectivity index (χ4n) is 2.20. The van der Waals surface area contributed by atoms with E-state index >= 15 is 0 Å². The van der Waals surface area contributed by atoms with E-state index in [0.717, 1.165) is 23.4 Å². The zero-order chi connectivity index (χ0) is 14.7. The number of hydrazine groups is 1. The normalized spacial score (nSPS) is 12.7. The molecular weight excluding hydrogens is 279 g/mol. The SMILES string of the molecule is CCc1cc(C(Cc2ccc(F)cc2Cl)NN)n(C)n1. The van der Waals surface area contributed by atoms with Crippen LogP contribution in [0, 0.1) is 5.82 Å². The summed E-state index contributed by atoms with van der Waals surface area (Å²) in [6.45, 7) is 2.05. The number of nitrogens with two attached hydrogens (primary N) is 1. The van der Waals surface area contributed by atoms with Gasteiger partial charge in [0.15, 0.2) is 0 Å². The van der Waals surface area contributed by atoms with Gasteiger partial charge in [-0.3, -0.25) is 16.0 Å². The van der Waals surface area contributed by atoms with Crippen molar-refractivity contribution in [3.8, 4) is 0 Å². The molecular formula is C14H18ClFN4. The van der Waals surface area contributed by atoms with Crippen molar-refractivity contribution in [2.24, 2.45) is 12.9 Å². The molecule has 1 atom stereocenters. The molecule has 0 aliphatic carbocycles. The van der Waals surface area contributed by atoms with E-state index in [4.69, 9.17) is 17.4 Å². The van der Waals surface area contributed by atoms with Gasteiger partial charge in [-0.15, -0.1) is 0 Å². The van der Waals surface area contributed by atoms with Crippen molar-refractivity contribution in [1.29, 1.82) is 0 Å². The monoisotopic (exact) mass is 296 g/mol. The molecule has 0 aliphatic rings. The molecule has 0 bridgehead atoms. The molecule has 4 nitrogen and oxygen atoms in total. The average Bonchev–Trinajstić information content (AvgIpc) is 2.79. The fraction of sp³-hybridized carbons (Fsp3) is 0.357. The summed E-state index contributed by atoms with van der Waals surface area (Å²) in [4.78, 5) is 0. The summed E-state index contributed by atoms with van der Waals surface area (Å²) in [7, 11) is 1.88. The lowest BCUT2D eigenvalue weighted by molar-refractivity contribution is 0.507. The minimum atomic E-state index is -0.343. The second-order valence-electron chi connectivity index (χ2n) is 4.70. The van der Waals surface area contributed by atoms with Crippen molar-refractivity contribution in [2.75, 3.05) is 0 Å². The minimum Gasteiger partial charge on any atom is -0.271 e. The number of rotatable bonds is 5. The fourth-order valence-corrected chi connectivity index (χ4v) is 2.44. The van der Waals surface area contributed by atoms with Crippen LogP contribution in [0.4, 0.5) is 4.39 Å². The van der Waals surface area contributed by atoms with Gasteiger partial charge >= 0.3 is 0 Å². The van der Waals surface area contributed by atoms with Crippen LogP contribution in [0.15, 0.2) is 24.3 Å². The van der Waals surface area contributed by atoms with Gasteiger partial charge in [-0.05, 0) is 36.6 Å². The maximum atomic E-state index is 13.1. The van der Waals surface area contributed by atoms with Gasteiger partial charge in [0, 0.05) is 12.1 Å². The van der Waals surface area contributed by atoms with Gasteiger partial charge in [-0.25, -0.2) is 4.39 Å². The van der Waals surface area contributed by atoms with Crippen LogP contribution in [0.2, 0.25) is 5.02 Å². The molecule has 2 rings (SSSR count). The van der Waals surface area contributed by atoms with Crippen molar-refractivity contribution in [3.63, 3.8) is 0 Å². The van der Waals surface area contributed by atoms with Crippen LogP contribution in [0.1, 0.15) is 29.9 Å². The van der Waals surface area contributed by atoms with Gasteiger partial charge in [-0.2, -0.15) is 5.10 Å². The molecule has 3 N–H and O–H groups in total. The van der Waals surface area contributed by atoms with Crippen LogP contribution < -0.4 is 11.3 Å². The molecule has 0 saturated heterocycles. The Hall–Kier alpha value is -1.43. The van der Waals surface area contributed by atoms with E-state index < -0.39 is 0 Å². The summed E-state index contributed by atoms with van der Waals surface area (Å²) in [6.07, 6.45) is 1.43. The van der Waals surface area contributed by atoms with Crippen molar-refractivity contribution in [2.45, 2.75) is 25.8 Å². The molecule has 6 heteroatoms. The third kappa shape index (κ3) is 3.17. The van der Waals surface area contributed by atoms with E-state index in [-0.39, 0.29) is 11.9 Å². The van der Waals surface area contributed by atoms with Gasteiger partial charge in [0.2, 0.25) is 0 Å². The largest absolute Gasteiger partial charge is 0.271 e. The van der Waals surface area contributed by atoms with E-state index in [1.807, 2.05) is 20.0 Å². The summed E-state index contributed by atoms with van der Waals surface area (Å²) >= 11 is 6.06. The number of aromatic nitrogens is 2. The second-order valence-corrected chi connectivity index (χ2v) is 5.10. The lowest BCUT2D eigenvalue weighted by Gasteiger charge is -2.17. The van der Waals surface area contributed by atoms with Crippen LogP contribution in [-0.4, -0.2) is 9.78 Å². The van der Waals surface area contributed by atoms with E-state index in [0.29, 0.717) is 11.4 Å². The Morgan fingerprint density at radius 2 is 2.20 bits per heavy atom. The first kappa shape index (κ1) is 15.0. The van der Waals surface area contributed by atoms with Crippen LogP contribution >= 0.6 is 11.6 Å². The summed E-state index contributed by atoms with van der Waals surface area (Å²) in [6, 6.07) is 6.28. The molecule has 20 heavy (non-hydrogen) atoms. The number of nitrogens with one attached hydrogen (secondary N) is 1. The second kappa shape index (κ2) is 6.35. The highest BCUT2D eigenvalue weighted by Gasteiger charge is 2.17. The van der Waals surface area contributed by atoms with E-state index in [2.05, 4.69) is 10.5 Å². The van der Waals surface area contributed by atoms with Crippen molar-refractivity contribution in [3.05, 3.63) is 52.1 Å². The third-order valence-electron chi connectivity index (χ3n) is 3.33. The van der Waals surface area contributed by atoms with Gasteiger partial charge in [0.05, 0.1) is 17.4 Å². The topological polar surface area (TPSA) is 55.9 Å². The zero-order valence-corrected chi connectivity index (χ0v) is 12.3. The highest BCUT2D eigenvalue weighted by atomic mass is 35.5. The average molecular weight is 297 g/mol. The summed E-state index contributed by atoms with van der Waals surface area (Å²) in [5.41, 5.74) is 5.60. The van der Waals surface area contributed by atoms with Crippen LogP contribution in [0.5, 0.6) is 0 Å². The van der Waals surface area contributed by atoms with Crippen LogP contribution in [-0.2, 0) is 19.9 Å².